The molecule has 0 bridgehead atoms. The van der Waals surface area contributed by atoms with E-state index in [1.165, 1.54) is 27.1 Å². The van der Waals surface area contributed by atoms with E-state index in [0.717, 1.165) is 55.3 Å². The van der Waals surface area contributed by atoms with Crippen molar-refractivity contribution in [1.29, 1.82) is 0 Å². The molecule has 4 nitrogen and oxygen atoms in total. The fourth-order valence-electron chi connectivity index (χ4n) is 6.63. The first-order chi connectivity index (χ1) is 22.8. The minimum Gasteiger partial charge on any atom is -0.254 e. The molecule has 3 aromatic heterocycles. The summed E-state index contributed by atoms with van der Waals surface area (Å²) in [4.78, 5) is 19.0. The lowest BCUT2D eigenvalue weighted by Crippen LogP contribution is -1.92. The molecule has 0 spiro atoms. The van der Waals surface area contributed by atoms with Crippen LogP contribution in [0.15, 0.2) is 158 Å². The summed E-state index contributed by atoms with van der Waals surface area (Å²) in [5, 5.41) is 7.13. The Kier molecular flexibility index (Phi) is 6.10. The molecule has 9 aromatic rings. The number of hydrogen-bond acceptors (Lipinski definition) is 4. The summed E-state index contributed by atoms with van der Waals surface area (Å²) < 4.78 is 0. The van der Waals surface area contributed by atoms with E-state index >= 15 is 0 Å². The molecule has 0 unspecified atom stereocenters. The molecule has 0 amide bonds. The first kappa shape index (κ1) is 26.2. The molecule has 0 aliphatic carbocycles. The molecule has 3 heterocycles. The first-order valence-electron chi connectivity index (χ1n) is 15.4. The highest BCUT2D eigenvalue weighted by Crippen LogP contribution is 2.40. The highest BCUT2D eigenvalue weighted by molar-refractivity contribution is 6.18. The average Bonchev–Trinajstić information content (AvgIpc) is 3.14. The van der Waals surface area contributed by atoms with E-state index in [2.05, 4.69) is 131 Å². The molecule has 214 valence electrons. The van der Waals surface area contributed by atoms with E-state index < -0.39 is 0 Å². The summed E-state index contributed by atoms with van der Waals surface area (Å²) in [7, 11) is 0. The maximum atomic E-state index is 5.24. The Morgan fingerprint density at radius 1 is 0.348 bits per heavy atom. The zero-order valence-corrected chi connectivity index (χ0v) is 24.8. The molecule has 6 aromatic carbocycles. The van der Waals surface area contributed by atoms with Crippen LogP contribution in [0.5, 0.6) is 0 Å². The van der Waals surface area contributed by atoms with Gasteiger partial charge in [-0.1, -0.05) is 97.1 Å². The van der Waals surface area contributed by atoms with E-state index in [9.17, 15) is 0 Å². The van der Waals surface area contributed by atoms with Crippen molar-refractivity contribution in [3.05, 3.63) is 158 Å². The zero-order chi connectivity index (χ0) is 30.5. The molecule has 4 heteroatoms. The van der Waals surface area contributed by atoms with Gasteiger partial charge in [-0.05, 0) is 86.3 Å². The normalized spacial score (nSPS) is 11.5. The van der Waals surface area contributed by atoms with Gasteiger partial charge in [0.2, 0.25) is 0 Å². The Morgan fingerprint density at radius 2 is 0.978 bits per heavy atom. The van der Waals surface area contributed by atoms with Crippen LogP contribution < -0.4 is 0 Å². The molecule has 0 radical (unpaired) electrons. The van der Waals surface area contributed by atoms with E-state index in [0.29, 0.717) is 5.82 Å². The van der Waals surface area contributed by atoms with E-state index in [-0.39, 0.29) is 0 Å². The van der Waals surface area contributed by atoms with Crippen LogP contribution in [-0.2, 0) is 0 Å². The van der Waals surface area contributed by atoms with Gasteiger partial charge in [0.1, 0.15) is 0 Å². The van der Waals surface area contributed by atoms with Crippen molar-refractivity contribution in [3.63, 3.8) is 0 Å². The number of fused-ring (bicyclic) bond motifs is 6. The third-order valence-corrected chi connectivity index (χ3v) is 8.78. The van der Waals surface area contributed by atoms with Crippen LogP contribution in [0.2, 0.25) is 0 Å². The van der Waals surface area contributed by atoms with Gasteiger partial charge in [-0.3, -0.25) is 4.98 Å². The molecule has 0 atom stereocenters. The lowest BCUT2D eigenvalue weighted by atomic mass is 9.90. The number of hydrogen-bond donors (Lipinski definition) is 0. The number of benzene rings is 6. The highest BCUT2D eigenvalue weighted by Gasteiger charge is 2.15. The molecule has 0 saturated heterocycles. The number of rotatable bonds is 4. The minimum atomic E-state index is 0.715. The van der Waals surface area contributed by atoms with Crippen LogP contribution in [0.3, 0.4) is 0 Å². The largest absolute Gasteiger partial charge is 0.254 e. The third kappa shape index (κ3) is 4.39. The maximum Gasteiger partial charge on any atom is 0.159 e. The summed E-state index contributed by atoms with van der Waals surface area (Å²) >= 11 is 0. The van der Waals surface area contributed by atoms with Gasteiger partial charge in [-0.2, -0.15) is 0 Å². The van der Waals surface area contributed by atoms with Crippen molar-refractivity contribution < 1.29 is 0 Å². The van der Waals surface area contributed by atoms with Crippen LogP contribution in [0.4, 0.5) is 0 Å². The molecular weight excluding hydrogens is 560 g/mol. The zero-order valence-electron chi connectivity index (χ0n) is 24.8. The molecule has 0 fully saturated rings. The predicted octanol–water partition coefficient (Wildman–Crippen LogP) is 10.5. The van der Waals surface area contributed by atoms with Crippen LogP contribution in [0.1, 0.15) is 0 Å². The highest BCUT2D eigenvalue weighted by atomic mass is 14.8. The summed E-state index contributed by atoms with van der Waals surface area (Å²) in [6.45, 7) is 0. The topological polar surface area (TPSA) is 51.6 Å². The minimum absolute atomic E-state index is 0.715. The first-order valence-corrected chi connectivity index (χ1v) is 15.4. The predicted molar refractivity (Wildman–Crippen MR) is 189 cm³/mol. The van der Waals surface area contributed by atoms with E-state index in [1.54, 1.807) is 12.4 Å². The van der Waals surface area contributed by atoms with Gasteiger partial charge in [0.15, 0.2) is 5.82 Å². The Labute approximate surface area is 265 Å². The standard InChI is InChI=1S/C42H26N4/c1-2-14-33-29(9-1)25-37(35-16-4-3-15-34(33)35)38-26-31-18-19-39(46-40(31)41-36(38)17-7-20-43-41)30-12-5-10-27(23-30)28-11-6-13-32(24-28)42-44-21-8-22-45-42/h1-26H. The quantitative estimate of drug-likeness (QED) is 0.193. The number of aromatic nitrogens is 4. The SMILES string of the molecule is c1cnc(-c2cccc(-c3cccc(-c4ccc5cc(-c6cc7ccccc7c7ccccc67)c6cccnc6c5n4)c3)c2)nc1. The Morgan fingerprint density at radius 3 is 1.83 bits per heavy atom. The Balaban J connectivity index is 1.19. The van der Waals surface area contributed by atoms with Gasteiger partial charge in [-0.15, -0.1) is 0 Å². The summed E-state index contributed by atoms with van der Waals surface area (Å²) in [5.41, 5.74) is 9.33. The van der Waals surface area contributed by atoms with Gasteiger partial charge in [0.05, 0.1) is 16.7 Å². The van der Waals surface area contributed by atoms with Crippen LogP contribution >= 0.6 is 0 Å². The van der Waals surface area contributed by atoms with Gasteiger partial charge < -0.3 is 0 Å². The molecule has 9 rings (SSSR count). The van der Waals surface area contributed by atoms with Crippen molar-refractivity contribution in [2.75, 3.05) is 0 Å². The van der Waals surface area contributed by atoms with Crippen LogP contribution in [-0.4, -0.2) is 19.9 Å². The number of pyridine rings is 2. The van der Waals surface area contributed by atoms with Crippen molar-refractivity contribution in [2.45, 2.75) is 0 Å². The van der Waals surface area contributed by atoms with Crippen molar-refractivity contribution in [2.24, 2.45) is 0 Å². The molecule has 46 heavy (non-hydrogen) atoms. The Bertz CT molecular complexity index is 2590. The summed E-state index contributed by atoms with van der Waals surface area (Å²) in [6, 6.07) is 49.1. The van der Waals surface area contributed by atoms with Crippen molar-refractivity contribution >= 4 is 43.4 Å². The second-order valence-electron chi connectivity index (χ2n) is 11.5. The van der Waals surface area contributed by atoms with Crippen LogP contribution in [0, 0.1) is 0 Å². The summed E-state index contributed by atoms with van der Waals surface area (Å²) in [6.07, 6.45) is 5.40. The van der Waals surface area contributed by atoms with Crippen molar-refractivity contribution in [3.8, 4) is 44.9 Å². The fraction of sp³-hybridized carbons (Fsp3) is 0. The maximum absolute atomic E-state index is 5.24. The third-order valence-electron chi connectivity index (χ3n) is 8.78. The molecule has 0 aliphatic rings. The van der Waals surface area contributed by atoms with Gasteiger partial charge in [-0.25, -0.2) is 15.0 Å². The van der Waals surface area contributed by atoms with Gasteiger partial charge >= 0.3 is 0 Å². The molecule has 0 saturated carbocycles. The smallest absolute Gasteiger partial charge is 0.159 e. The van der Waals surface area contributed by atoms with Gasteiger partial charge in [0, 0.05) is 40.5 Å². The average molecular weight is 587 g/mol. The molecule has 0 aliphatic heterocycles. The fourth-order valence-corrected chi connectivity index (χ4v) is 6.63. The second kappa shape index (κ2) is 10.7. The molecular formula is C42H26N4. The van der Waals surface area contributed by atoms with E-state index in [4.69, 9.17) is 9.97 Å². The van der Waals surface area contributed by atoms with E-state index in [1.807, 2.05) is 24.4 Å². The Hall–Kier alpha value is -6.26. The second-order valence-corrected chi connectivity index (χ2v) is 11.5. The summed E-state index contributed by atoms with van der Waals surface area (Å²) in [5.74, 6) is 0.715. The van der Waals surface area contributed by atoms with Gasteiger partial charge in [0.25, 0.3) is 0 Å². The molecule has 0 N–H and O–H groups in total. The lowest BCUT2D eigenvalue weighted by Gasteiger charge is -2.15. The van der Waals surface area contributed by atoms with Crippen molar-refractivity contribution in [1.82, 2.24) is 19.9 Å². The monoisotopic (exact) mass is 586 g/mol. The lowest BCUT2D eigenvalue weighted by molar-refractivity contribution is 1.18. The number of nitrogens with zero attached hydrogens (tertiary/aromatic N) is 4. The van der Waals surface area contributed by atoms with Crippen LogP contribution in [0.25, 0.3) is 88.2 Å².